The molecule has 0 aliphatic carbocycles. The van der Waals surface area contributed by atoms with Crippen LogP contribution in [0.15, 0.2) is 43.0 Å². The molecule has 0 aliphatic heterocycles. The molecule has 0 saturated heterocycles. The Morgan fingerprint density at radius 3 is 2.60 bits per heavy atom. The largest absolute Gasteiger partial charge is 0.299 e. The van der Waals surface area contributed by atoms with Crippen molar-refractivity contribution >= 4 is 5.78 Å². The van der Waals surface area contributed by atoms with Crippen LogP contribution in [-0.2, 0) is 11.3 Å². The molecular formula is C13H17NO. The zero-order valence-corrected chi connectivity index (χ0v) is 9.15. The lowest BCUT2D eigenvalue weighted by atomic mass is 10.2. The van der Waals surface area contributed by atoms with E-state index in [1.165, 1.54) is 5.56 Å². The van der Waals surface area contributed by atoms with Crippen LogP contribution in [0.5, 0.6) is 0 Å². The summed E-state index contributed by atoms with van der Waals surface area (Å²) in [7, 11) is 0. The van der Waals surface area contributed by atoms with Gasteiger partial charge < -0.3 is 0 Å². The summed E-state index contributed by atoms with van der Waals surface area (Å²) < 4.78 is 0. The summed E-state index contributed by atoms with van der Waals surface area (Å²) in [5, 5.41) is 0. The zero-order chi connectivity index (χ0) is 11.1. The molecule has 0 aromatic heterocycles. The summed E-state index contributed by atoms with van der Waals surface area (Å²) in [4.78, 5) is 13.1. The highest BCUT2D eigenvalue weighted by Crippen LogP contribution is 2.04. The summed E-state index contributed by atoms with van der Waals surface area (Å²) in [6.45, 7) is 7.34. The Morgan fingerprint density at radius 2 is 2.07 bits per heavy atom. The highest BCUT2D eigenvalue weighted by atomic mass is 16.1. The molecule has 1 aromatic rings. The predicted octanol–water partition coefficient (Wildman–Crippen LogP) is 2.26. The number of Topliss-reactive ketones (excluding diaryl/α,β-unsaturated/α-hetero) is 1. The molecule has 0 aliphatic rings. The van der Waals surface area contributed by atoms with Gasteiger partial charge in [-0.05, 0) is 12.5 Å². The fraction of sp³-hybridized carbons (Fsp3) is 0.308. The van der Waals surface area contributed by atoms with Gasteiger partial charge >= 0.3 is 0 Å². The number of rotatable bonds is 6. The number of carbonyl (C=O) groups excluding carboxylic acids is 1. The molecule has 1 aromatic carbocycles. The number of hydrogen-bond acceptors (Lipinski definition) is 2. The molecule has 0 saturated carbocycles. The van der Waals surface area contributed by atoms with Gasteiger partial charge in [-0.3, -0.25) is 9.69 Å². The van der Waals surface area contributed by atoms with Crippen molar-refractivity contribution in [1.82, 2.24) is 4.90 Å². The molecule has 0 atom stereocenters. The lowest BCUT2D eigenvalue weighted by Gasteiger charge is -2.18. The van der Waals surface area contributed by atoms with Gasteiger partial charge in [-0.1, -0.05) is 36.4 Å². The summed E-state index contributed by atoms with van der Waals surface area (Å²) in [5.41, 5.74) is 1.22. The van der Waals surface area contributed by atoms with E-state index in [4.69, 9.17) is 0 Å². The highest BCUT2D eigenvalue weighted by molar-refractivity contribution is 5.77. The summed E-state index contributed by atoms with van der Waals surface area (Å²) >= 11 is 0. The fourth-order valence-electron chi connectivity index (χ4n) is 1.52. The van der Waals surface area contributed by atoms with Crippen molar-refractivity contribution in [2.75, 3.05) is 13.1 Å². The lowest BCUT2D eigenvalue weighted by molar-refractivity contribution is -0.118. The minimum absolute atomic E-state index is 0.188. The van der Waals surface area contributed by atoms with Crippen molar-refractivity contribution in [2.24, 2.45) is 0 Å². The van der Waals surface area contributed by atoms with E-state index < -0.39 is 0 Å². The number of carbonyl (C=O) groups is 1. The minimum atomic E-state index is 0.188. The molecule has 0 spiro atoms. The van der Waals surface area contributed by atoms with E-state index in [9.17, 15) is 4.79 Å². The van der Waals surface area contributed by atoms with Crippen LogP contribution in [0.2, 0.25) is 0 Å². The molecule has 80 valence electrons. The second kappa shape index (κ2) is 6.14. The third-order valence-electron chi connectivity index (χ3n) is 2.08. The number of benzene rings is 1. The molecule has 15 heavy (non-hydrogen) atoms. The van der Waals surface area contributed by atoms with Crippen molar-refractivity contribution in [3.05, 3.63) is 48.6 Å². The van der Waals surface area contributed by atoms with E-state index in [-0.39, 0.29) is 5.78 Å². The molecule has 0 unspecified atom stereocenters. The molecule has 2 nitrogen and oxygen atoms in total. The van der Waals surface area contributed by atoms with Gasteiger partial charge in [-0.15, -0.1) is 6.58 Å². The van der Waals surface area contributed by atoms with Crippen LogP contribution in [-0.4, -0.2) is 23.8 Å². The maximum absolute atomic E-state index is 11.0. The van der Waals surface area contributed by atoms with E-state index in [0.29, 0.717) is 6.54 Å². The Balaban J connectivity index is 2.58. The first-order valence-corrected chi connectivity index (χ1v) is 5.09. The summed E-state index contributed by atoms with van der Waals surface area (Å²) in [6, 6.07) is 10.1. The molecule has 2 heteroatoms. The fourth-order valence-corrected chi connectivity index (χ4v) is 1.52. The van der Waals surface area contributed by atoms with E-state index in [1.807, 2.05) is 24.3 Å². The van der Waals surface area contributed by atoms with Crippen LogP contribution in [0, 0.1) is 0 Å². The monoisotopic (exact) mass is 203 g/mol. The van der Waals surface area contributed by atoms with Gasteiger partial charge in [0.1, 0.15) is 5.78 Å². The van der Waals surface area contributed by atoms with Crippen molar-refractivity contribution in [1.29, 1.82) is 0 Å². The maximum atomic E-state index is 11.0. The van der Waals surface area contributed by atoms with Crippen LogP contribution >= 0.6 is 0 Å². The van der Waals surface area contributed by atoms with Gasteiger partial charge in [-0.2, -0.15) is 0 Å². The van der Waals surface area contributed by atoms with E-state index in [0.717, 1.165) is 13.1 Å². The molecule has 0 bridgehead atoms. The Kier molecular flexibility index (Phi) is 4.78. The molecular weight excluding hydrogens is 186 g/mol. The van der Waals surface area contributed by atoms with Gasteiger partial charge in [0.05, 0.1) is 6.54 Å². The average molecular weight is 203 g/mol. The Morgan fingerprint density at radius 1 is 1.40 bits per heavy atom. The smallest absolute Gasteiger partial charge is 0.143 e. The normalized spacial score (nSPS) is 10.3. The molecule has 1 rings (SSSR count). The number of ketones is 1. The number of nitrogens with zero attached hydrogens (tertiary/aromatic N) is 1. The van der Waals surface area contributed by atoms with Crippen LogP contribution in [0.1, 0.15) is 12.5 Å². The third kappa shape index (κ3) is 4.56. The van der Waals surface area contributed by atoms with Gasteiger partial charge in [0, 0.05) is 13.1 Å². The summed E-state index contributed by atoms with van der Waals surface area (Å²) in [6.07, 6.45) is 1.83. The van der Waals surface area contributed by atoms with E-state index in [1.54, 1.807) is 6.92 Å². The zero-order valence-electron chi connectivity index (χ0n) is 9.15. The highest BCUT2D eigenvalue weighted by Gasteiger charge is 2.06. The third-order valence-corrected chi connectivity index (χ3v) is 2.08. The second-order valence-electron chi connectivity index (χ2n) is 3.65. The van der Waals surface area contributed by atoms with Crippen molar-refractivity contribution in [2.45, 2.75) is 13.5 Å². The van der Waals surface area contributed by atoms with Gasteiger partial charge in [0.2, 0.25) is 0 Å². The standard InChI is InChI=1S/C13H17NO/c1-3-9-14(10-12(2)15)11-13-7-5-4-6-8-13/h3-8H,1,9-11H2,2H3. The molecule has 0 radical (unpaired) electrons. The molecule has 0 amide bonds. The first kappa shape index (κ1) is 11.7. The van der Waals surface area contributed by atoms with Gasteiger partial charge in [0.15, 0.2) is 0 Å². The molecule has 0 N–H and O–H groups in total. The van der Waals surface area contributed by atoms with Crippen molar-refractivity contribution in [3.63, 3.8) is 0 Å². The Labute approximate surface area is 91.2 Å². The number of hydrogen-bond donors (Lipinski definition) is 0. The molecule has 0 fully saturated rings. The van der Waals surface area contributed by atoms with Gasteiger partial charge in [-0.25, -0.2) is 0 Å². The average Bonchev–Trinajstić information content (AvgIpc) is 2.18. The predicted molar refractivity (Wildman–Crippen MR) is 62.6 cm³/mol. The molecule has 0 heterocycles. The Bertz CT molecular complexity index is 319. The van der Waals surface area contributed by atoms with Crippen LogP contribution < -0.4 is 0 Å². The van der Waals surface area contributed by atoms with Crippen LogP contribution in [0.25, 0.3) is 0 Å². The minimum Gasteiger partial charge on any atom is -0.299 e. The maximum Gasteiger partial charge on any atom is 0.143 e. The van der Waals surface area contributed by atoms with Crippen molar-refractivity contribution in [3.8, 4) is 0 Å². The topological polar surface area (TPSA) is 20.3 Å². The lowest BCUT2D eigenvalue weighted by Crippen LogP contribution is -2.28. The van der Waals surface area contributed by atoms with Gasteiger partial charge in [0.25, 0.3) is 0 Å². The van der Waals surface area contributed by atoms with Crippen molar-refractivity contribution < 1.29 is 4.79 Å². The quantitative estimate of drug-likeness (QED) is 0.661. The van der Waals surface area contributed by atoms with Crippen LogP contribution in [0.4, 0.5) is 0 Å². The first-order valence-electron chi connectivity index (χ1n) is 5.09. The van der Waals surface area contributed by atoms with Crippen LogP contribution in [0.3, 0.4) is 0 Å². The SMILES string of the molecule is C=CCN(CC(C)=O)Cc1ccccc1. The van der Waals surface area contributed by atoms with E-state index >= 15 is 0 Å². The Hall–Kier alpha value is -1.41. The van der Waals surface area contributed by atoms with E-state index in [2.05, 4.69) is 23.6 Å². The summed E-state index contributed by atoms with van der Waals surface area (Å²) in [5.74, 6) is 0.188. The second-order valence-corrected chi connectivity index (χ2v) is 3.65. The first-order chi connectivity index (χ1) is 7.22.